The summed E-state index contributed by atoms with van der Waals surface area (Å²) >= 11 is 0. The van der Waals surface area contributed by atoms with E-state index in [0.29, 0.717) is 5.76 Å². The number of carbonyl (C=O) groups excluding carboxylic acids is 1. The molecule has 2 atom stereocenters. The molecule has 0 bridgehead atoms. The second-order valence-electron chi connectivity index (χ2n) is 6.49. The molecule has 2 heteroatoms. The average molecular weight is 274 g/mol. The van der Waals surface area contributed by atoms with E-state index in [1.165, 1.54) is 5.57 Å². The molecule has 0 aromatic carbocycles. The smallest absolute Gasteiger partial charge is 0.316 e. The van der Waals surface area contributed by atoms with Crippen LogP contribution in [-0.2, 0) is 9.53 Å². The lowest BCUT2D eigenvalue weighted by molar-refractivity contribution is -0.141. The zero-order valence-corrected chi connectivity index (χ0v) is 13.5. The van der Waals surface area contributed by atoms with Crippen molar-refractivity contribution in [2.75, 3.05) is 0 Å². The van der Waals surface area contributed by atoms with Crippen molar-refractivity contribution in [3.63, 3.8) is 0 Å². The number of carbonyl (C=O) groups is 1. The monoisotopic (exact) mass is 274 g/mol. The van der Waals surface area contributed by atoms with Gasteiger partial charge in [0.15, 0.2) is 5.76 Å². The highest BCUT2D eigenvalue weighted by atomic mass is 16.5. The molecule has 0 heterocycles. The molecule has 20 heavy (non-hydrogen) atoms. The molecule has 1 saturated carbocycles. The second kappa shape index (κ2) is 6.31. The first-order chi connectivity index (χ1) is 9.25. The van der Waals surface area contributed by atoms with Crippen molar-refractivity contribution in [2.24, 2.45) is 17.3 Å². The Morgan fingerprint density at radius 1 is 1.35 bits per heavy atom. The summed E-state index contributed by atoms with van der Waals surface area (Å²) in [5, 5.41) is 0. The van der Waals surface area contributed by atoms with Gasteiger partial charge in [0, 0.05) is 0 Å². The average Bonchev–Trinajstić information content (AvgIpc) is 2.86. The Hall–Kier alpha value is -1.49. The largest absolute Gasteiger partial charge is 0.417 e. The fraction of sp³-hybridized carbons (Fsp3) is 0.611. The van der Waals surface area contributed by atoms with Crippen molar-refractivity contribution in [3.05, 3.63) is 23.0 Å². The van der Waals surface area contributed by atoms with E-state index >= 15 is 0 Å². The SMILES string of the molecule is C#CC(OC(=O)C1C(C=C(C)C)C1(C)C)=C(C)CCC. The van der Waals surface area contributed by atoms with Crippen LogP contribution in [0.15, 0.2) is 23.0 Å². The van der Waals surface area contributed by atoms with Gasteiger partial charge in [0.2, 0.25) is 0 Å². The van der Waals surface area contributed by atoms with Gasteiger partial charge in [0.1, 0.15) is 0 Å². The summed E-state index contributed by atoms with van der Waals surface area (Å²) in [6.45, 7) is 12.3. The normalized spacial score (nSPS) is 24.2. The van der Waals surface area contributed by atoms with Crippen LogP contribution in [0.1, 0.15) is 54.4 Å². The topological polar surface area (TPSA) is 26.3 Å². The van der Waals surface area contributed by atoms with E-state index in [-0.39, 0.29) is 23.2 Å². The molecule has 0 aromatic heterocycles. The standard InChI is InChI=1S/C18H26O2/c1-8-10-13(5)15(9-2)20-17(19)16-14(11-12(3)4)18(16,6)7/h2,11,14,16H,8,10H2,1,3-7H3. The fourth-order valence-electron chi connectivity index (χ4n) is 2.69. The van der Waals surface area contributed by atoms with Gasteiger partial charge in [-0.05, 0) is 50.0 Å². The Labute approximate surface area is 123 Å². The minimum atomic E-state index is -0.194. The Kier molecular flexibility index (Phi) is 5.22. The van der Waals surface area contributed by atoms with Crippen molar-refractivity contribution in [3.8, 4) is 12.3 Å². The predicted molar refractivity (Wildman–Crippen MR) is 82.7 cm³/mol. The molecular formula is C18H26O2. The van der Waals surface area contributed by atoms with Gasteiger partial charge >= 0.3 is 5.97 Å². The Morgan fingerprint density at radius 2 is 1.95 bits per heavy atom. The van der Waals surface area contributed by atoms with Gasteiger partial charge in [-0.25, -0.2) is 0 Å². The summed E-state index contributed by atoms with van der Waals surface area (Å²) in [5.41, 5.74) is 2.17. The van der Waals surface area contributed by atoms with E-state index in [2.05, 4.69) is 46.6 Å². The predicted octanol–water partition coefficient (Wildman–Crippen LogP) is 4.48. The molecule has 1 fully saturated rings. The third kappa shape index (κ3) is 3.54. The summed E-state index contributed by atoms with van der Waals surface area (Å²) in [4.78, 5) is 12.3. The molecule has 0 amide bonds. The molecule has 0 saturated heterocycles. The molecule has 110 valence electrons. The van der Waals surface area contributed by atoms with Crippen molar-refractivity contribution in [1.29, 1.82) is 0 Å². The first-order valence-electron chi connectivity index (χ1n) is 7.28. The van der Waals surface area contributed by atoms with Crippen LogP contribution < -0.4 is 0 Å². The van der Waals surface area contributed by atoms with Crippen LogP contribution in [0.4, 0.5) is 0 Å². The summed E-state index contributed by atoms with van der Waals surface area (Å²) in [7, 11) is 0. The number of hydrogen-bond donors (Lipinski definition) is 0. The molecule has 0 N–H and O–H groups in total. The van der Waals surface area contributed by atoms with E-state index in [1.54, 1.807) is 0 Å². The lowest BCUT2D eigenvalue weighted by Gasteiger charge is -2.08. The highest BCUT2D eigenvalue weighted by Crippen LogP contribution is 2.60. The Balaban J connectivity index is 2.81. The number of terminal acetylenes is 1. The van der Waals surface area contributed by atoms with Crippen LogP contribution in [0.2, 0.25) is 0 Å². The van der Waals surface area contributed by atoms with Gasteiger partial charge in [0.25, 0.3) is 0 Å². The highest BCUT2D eigenvalue weighted by molar-refractivity contribution is 5.79. The summed E-state index contributed by atoms with van der Waals surface area (Å²) in [6, 6.07) is 0. The van der Waals surface area contributed by atoms with E-state index in [0.717, 1.165) is 18.4 Å². The van der Waals surface area contributed by atoms with E-state index in [4.69, 9.17) is 11.2 Å². The quantitative estimate of drug-likeness (QED) is 0.320. The number of esters is 1. The minimum Gasteiger partial charge on any atom is -0.417 e. The number of ether oxygens (including phenoxy) is 1. The van der Waals surface area contributed by atoms with Gasteiger partial charge in [-0.1, -0.05) is 38.8 Å². The zero-order chi connectivity index (χ0) is 15.5. The van der Waals surface area contributed by atoms with Crippen LogP contribution in [0.3, 0.4) is 0 Å². The van der Waals surface area contributed by atoms with Gasteiger partial charge in [-0.2, -0.15) is 0 Å². The Morgan fingerprint density at radius 3 is 2.40 bits per heavy atom. The van der Waals surface area contributed by atoms with Crippen molar-refractivity contribution >= 4 is 5.97 Å². The summed E-state index contributed by atoms with van der Waals surface area (Å²) in [5.74, 6) is 2.88. The molecule has 1 aliphatic carbocycles. The van der Waals surface area contributed by atoms with Crippen LogP contribution >= 0.6 is 0 Å². The summed E-state index contributed by atoms with van der Waals surface area (Å²) < 4.78 is 5.46. The van der Waals surface area contributed by atoms with Gasteiger partial charge in [-0.15, -0.1) is 6.42 Å². The maximum atomic E-state index is 12.3. The molecular weight excluding hydrogens is 248 g/mol. The van der Waals surface area contributed by atoms with Crippen molar-refractivity contribution in [2.45, 2.75) is 54.4 Å². The van der Waals surface area contributed by atoms with Crippen LogP contribution in [0, 0.1) is 29.6 Å². The molecule has 2 nitrogen and oxygen atoms in total. The maximum absolute atomic E-state index is 12.3. The van der Waals surface area contributed by atoms with Crippen molar-refractivity contribution < 1.29 is 9.53 Å². The minimum absolute atomic E-state index is 0.0350. The van der Waals surface area contributed by atoms with Gasteiger partial charge < -0.3 is 4.74 Å². The second-order valence-corrected chi connectivity index (χ2v) is 6.49. The van der Waals surface area contributed by atoms with Crippen LogP contribution in [-0.4, -0.2) is 5.97 Å². The molecule has 1 aliphatic rings. The van der Waals surface area contributed by atoms with E-state index in [1.807, 2.05) is 6.92 Å². The number of rotatable bonds is 5. The first kappa shape index (κ1) is 16.6. The van der Waals surface area contributed by atoms with Crippen LogP contribution in [0.5, 0.6) is 0 Å². The number of hydrogen-bond acceptors (Lipinski definition) is 2. The number of allylic oxidation sites excluding steroid dienone is 4. The molecule has 2 unspecified atom stereocenters. The molecule has 0 aliphatic heterocycles. The van der Waals surface area contributed by atoms with E-state index in [9.17, 15) is 4.79 Å². The fourth-order valence-corrected chi connectivity index (χ4v) is 2.69. The molecule has 0 spiro atoms. The van der Waals surface area contributed by atoms with Gasteiger partial charge in [0.05, 0.1) is 5.92 Å². The summed E-state index contributed by atoms with van der Waals surface area (Å²) in [6.07, 6.45) is 9.46. The first-order valence-corrected chi connectivity index (χ1v) is 7.28. The molecule has 1 rings (SSSR count). The van der Waals surface area contributed by atoms with Crippen molar-refractivity contribution in [1.82, 2.24) is 0 Å². The zero-order valence-electron chi connectivity index (χ0n) is 13.5. The lowest BCUT2D eigenvalue weighted by atomic mass is 10.1. The molecule has 0 radical (unpaired) electrons. The lowest BCUT2D eigenvalue weighted by Crippen LogP contribution is -2.11. The third-order valence-corrected chi connectivity index (χ3v) is 4.02. The van der Waals surface area contributed by atoms with Gasteiger partial charge in [-0.3, -0.25) is 4.79 Å². The van der Waals surface area contributed by atoms with E-state index < -0.39 is 0 Å². The maximum Gasteiger partial charge on any atom is 0.316 e. The molecule has 0 aromatic rings. The Bertz CT molecular complexity index is 482. The highest BCUT2D eigenvalue weighted by Gasteiger charge is 2.61. The van der Waals surface area contributed by atoms with Crippen LogP contribution in [0.25, 0.3) is 0 Å². The third-order valence-electron chi connectivity index (χ3n) is 4.02.